The quantitative estimate of drug-likeness (QED) is 0.613. The average Bonchev–Trinajstić information content (AvgIpc) is 3.36. The van der Waals surface area contributed by atoms with Crippen LogP contribution in [0.4, 0.5) is 4.79 Å². The molecule has 1 saturated heterocycles. The molecule has 3 amide bonds. The molecule has 3 heterocycles. The maximum absolute atomic E-state index is 12.4. The van der Waals surface area contributed by atoms with E-state index in [1.807, 2.05) is 18.2 Å². The van der Waals surface area contributed by atoms with Crippen LogP contribution < -0.4 is 15.5 Å². The highest BCUT2D eigenvalue weighted by atomic mass is 32.1. The molecule has 0 spiro atoms. The number of para-hydroxylation sites is 1. The lowest BCUT2D eigenvalue weighted by molar-refractivity contribution is -0.929. The highest BCUT2D eigenvalue weighted by molar-refractivity contribution is 7.18. The Morgan fingerprint density at radius 3 is 2.93 bits per heavy atom. The number of nitrogens with one attached hydrogen (secondary N) is 3. The van der Waals surface area contributed by atoms with Gasteiger partial charge in [0.15, 0.2) is 11.6 Å². The van der Waals surface area contributed by atoms with Gasteiger partial charge in [0, 0.05) is 6.42 Å². The van der Waals surface area contributed by atoms with Gasteiger partial charge < -0.3 is 14.6 Å². The number of rotatable bonds is 5. The first-order chi connectivity index (χ1) is 13.7. The van der Waals surface area contributed by atoms with Gasteiger partial charge in [-0.15, -0.1) is 11.3 Å². The topological polar surface area (TPSA) is 88.7 Å². The van der Waals surface area contributed by atoms with Gasteiger partial charge in [0.2, 0.25) is 0 Å². The third kappa shape index (κ3) is 4.40. The summed E-state index contributed by atoms with van der Waals surface area (Å²) in [6.45, 7) is 1.41. The number of furan rings is 1. The molecule has 7 nitrogen and oxygen atoms in total. The molecule has 146 valence electrons. The molecule has 3 aromatic rings. The zero-order valence-corrected chi connectivity index (χ0v) is 16.3. The highest BCUT2D eigenvalue weighted by Gasteiger charge is 2.32. The van der Waals surface area contributed by atoms with Crippen molar-refractivity contribution in [1.29, 1.82) is 0 Å². The van der Waals surface area contributed by atoms with Gasteiger partial charge in [0.25, 0.3) is 5.91 Å². The summed E-state index contributed by atoms with van der Waals surface area (Å²) in [5.74, 6) is 0.361. The van der Waals surface area contributed by atoms with Crippen LogP contribution in [0.1, 0.15) is 36.1 Å². The predicted octanol–water partition coefficient (Wildman–Crippen LogP) is 2.03. The number of amides is 3. The molecular formula is C20H23N4O3S+. The monoisotopic (exact) mass is 399 g/mol. The third-order valence-electron chi connectivity index (χ3n) is 4.99. The molecule has 1 aliphatic rings. The van der Waals surface area contributed by atoms with Gasteiger partial charge in [-0.25, -0.2) is 9.78 Å². The fourth-order valence-corrected chi connectivity index (χ4v) is 4.79. The Labute approximate surface area is 166 Å². The van der Waals surface area contributed by atoms with Crippen molar-refractivity contribution in [3.05, 3.63) is 53.4 Å². The molecule has 28 heavy (non-hydrogen) atoms. The summed E-state index contributed by atoms with van der Waals surface area (Å²) in [7, 11) is 0. The van der Waals surface area contributed by atoms with Crippen molar-refractivity contribution in [2.24, 2.45) is 0 Å². The first-order valence-electron chi connectivity index (χ1n) is 9.49. The van der Waals surface area contributed by atoms with Gasteiger partial charge in [0.05, 0.1) is 29.6 Å². The lowest BCUT2D eigenvalue weighted by Crippen LogP contribution is -3.14. The maximum atomic E-state index is 12.4. The van der Waals surface area contributed by atoms with E-state index in [0.717, 1.165) is 36.3 Å². The SMILES string of the molecule is O=C(C[NH+]1CCCC[C@@H]1c1nc2ccccc2s1)NC(=O)NCc1ccco1. The first-order valence-corrected chi connectivity index (χ1v) is 10.3. The van der Waals surface area contributed by atoms with E-state index in [-0.39, 0.29) is 25.0 Å². The molecular weight excluding hydrogens is 376 g/mol. The van der Waals surface area contributed by atoms with Crippen molar-refractivity contribution in [2.75, 3.05) is 13.1 Å². The number of thiazole rings is 1. The average molecular weight is 399 g/mol. The molecule has 3 N–H and O–H groups in total. The molecule has 1 unspecified atom stereocenters. The number of fused-ring (bicyclic) bond motifs is 1. The van der Waals surface area contributed by atoms with Crippen LogP contribution in [0.3, 0.4) is 0 Å². The predicted molar refractivity (Wildman–Crippen MR) is 106 cm³/mol. The van der Waals surface area contributed by atoms with Crippen molar-refractivity contribution >= 4 is 33.5 Å². The van der Waals surface area contributed by atoms with Crippen LogP contribution in [0.5, 0.6) is 0 Å². The fraction of sp³-hybridized carbons (Fsp3) is 0.350. The summed E-state index contributed by atoms with van der Waals surface area (Å²) in [4.78, 5) is 30.3. The molecule has 1 fully saturated rings. The minimum Gasteiger partial charge on any atom is -0.467 e. The van der Waals surface area contributed by atoms with E-state index >= 15 is 0 Å². The van der Waals surface area contributed by atoms with Crippen molar-refractivity contribution in [3.8, 4) is 0 Å². The summed E-state index contributed by atoms with van der Waals surface area (Å²) < 4.78 is 6.33. The molecule has 0 radical (unpaired) electrons. The van der Waals surface area contributed by atoms with Crippen molar-refractivity contribution in [3.63, 3.8) is 0 Å². The normalized spacial score (nSPS) is 19.4. The van der Waals surface area contributed by atoms with Crippen LogP contribution in [0.15, 0.2) is 47.1 Å². The number of hydrogen-bond donors (Lipinski definition) is 3. The van der Waals surface area contributed by atoms with Crippen LogP contribution in [-0.4, -0.2) is 30.0 Å². The lowest BCUT2D eigenvalue weighted by atomic mass is 10.0. The molecule has 0 saturated carbocycles. The standard InChI is InChI=1S/C20H22N4O3S/c25-18(23-20(26)21-12-14-6-5-11-27-14)13-24-10-4-3-8-16(24)19-22-15-7-1-2-9-17(15)28-19/h1-2,5-7,9,11,16H,3-4,8,10,12-13H2,(H2,21,23,25,26)/p+1/t16-/m1/s1. The number of carbonyl (C=O) groups is 2. The fourth-order valence-electron chi connectivity index (χ4n) is 3.63. The van der Waals surface area contributed by atoms with Crippen LogP contribution in [-0.2, 0) is 11.3 Å². The number of likely N-dealkylation sites (tertiary alicyclic amines) is 1. The number of aromatic nitrogens is 1. The van der Waals surface area contributed by atoms with Crippen LogP contribution in [0, 0.1) is 0 Å². The smallest absolute Gasteiger partial charge is 0.321 e. The molecule has 1 aliphatic heterocycles. The van der Waals surface area contributed by atoms with Crippen LogP contribution in [0.2, 0.25) is 0 Å². The van der Waals surface area contributed by atoms with Crippen LogP contribution in [0.25, 0.3) is 10.2 Å². The van der Waals surface area contributed by atoms with Gasteiger partial charge in [-0.2, -0.15) is 0 Å². The van der Waals surface area contributed by atoms with E-state index in [0.29, 0.717) is 5.76 Å². The van der Waals surface area contributed by atoms with E-state index < -0.39 is 6.03 Å². The zero-order chi connectivity index (χ0) is 19.3. The summed E-state index contributed by atoms with van der Waals surface area (Å²) in [6, 6.07) is 11.3. The van der Waals surface area contributed by atoms with E-state index in [9.17, 15) is 9.59 Å². The number of imide groups is 1. The number of quaternary nitrogens is 1. The Bertz CT molecular complexity index is 920. The second kappa shape index (κ2) is 8.53. The van der Waals surface area contributed by atoms with Crippen molar-refractivity contribution < 1.29 is 18.9 Å². The molecule has 1 aromatic carbocycles. The largest absolute Gasteiger partial charge is 0.467 e. The molecule has 8 heteroatoms. The number of piperidine rings is 1. The minimum atomic E-state index is -0.505. The van der Waals surface area contributed by atoms with E-state index in [1.165, 1.54) is 9.60 Å². The van der Waals surface area contributed by atoms with Gasteiger partial charge >= 0.3 is 6.03 Å². The zero-order valence-electron chi connectivity index (χ0n) is 15.4. The first kappa shape index (κ1) is 18.6. The number of benzene rings is 1. The number of hydrogen-bond acceptors (Lipinski definition) is 5. The second-order valence-corrected chi connectivity index (χ2v) is 8.03. The molecule has 0 aliphatic carbocycles. The lowest BCUT2D eigenvalue weighted by Gasteiger charge is -2.30. The van der Waals surface area contributed by atoms with Crippen LogP contribution >= 0.6 is 11.3 Å². The molecule has 4 rings (SSSR count). The Kier molecular flexibility index (Phi) is 5.68. The van der Waals surface area contributed by atoms with Gasteiger partial charge in [-0.05, 0) is 37.1 Å². The highest BCUT2D eigenvalue weighted by Crippen LogP contribution is 2.28. The van der Waals surface area contributed by atoms with E-state index in [4.69, 9.17) is 9.40 Å². The number of urea groups is 1. The Balaban J connectivity index is 1.36. The molecule has 0 bridgehead atoms. The van der Waals surface area contributed by atoms with Crippen molar-refractivity contribution in [1.82, 2.24) is 15.6 Å². The summed E-state index contributed by atoms with van der Waals surface area (Å²) >= 11 is 1.70. The maximum Gasteiger partial charge on any atom is 0.321 e. The molecule has 2 aromatic heterocycles. The van der Waals surface area contributed by atoms with Gasteiger partial charge in [0.1, 0.15) is 11.8 Å². The van der Waals surface area contributed by atoms with E-state index in [1.54, 1.807) is 29.7 Å². The van der Waals surface area contributed by atoms with Gasteiger partial charge in [-0.1, -0.05) is 12.1 Å². The van der Waals surface area contributed by atoms with E-state index in [2.05, 4.69) is 16.7 Å². The Morgan fingerprint density at radius 2 is 2.11 bits per heavy atom. The summed E-state index contributed by atoms with van der Waals surface area (Å²) in [6.07, 6.45) is 4.76. The minimum absolute atomic E-state index is 0.197. The van der Waals surface area contributed by atoms with Crippen molar-refractivity contribution in [2.45, 2.75) is 31.8 Å². The van der Waals surface area contributed by atoms with Gasteiger partial charge in [-0.3, -0.25) is 10.1 Å². The number of carbonyl (C=O) groups excluding carboxylic acids is 2. The Hall–Kier alpha value is -2.71. The summed E-state index contributed by atoms with van der Waals surface area (Å²) in [5, 5.41) is 6.12. The Morgan fingerprint density at radius 1 is 1.21 bits per heavy atom. The second-order valence-electron chi connectivity index (χ2n) is 6.96. The third-order valence-corrected chi connectivity index (χ3v) is 6.14. The molecule has 2 atom stereocenters. The summed E-state index contributed by atoms with van der Waals surface area (Å²) in [5.41, 5.74) is 1.01. The number of nitrogens with zero attached hydrogens (tertiary/aromatic N) is 1.